The Bertz CT molecular complexity index is 2820. The molecule has 5 aromatic heterocycles. The van der Waals surface area contributed by atoms with Gasteiger partial charge in [-0.05, 0) is 118 Å². The minimum absolute atomic E-state index is 0. The van der Waals surface area contributed by atoms with Crippen molar-refractivity contribution < 1.29 is 49.0 Å². The van der Waals surface area contributed by atoms with E-state index in [0.717, 1.165) is 164 Å². The van der Waals surface area contributed by atoms with Crippen LogP contribution in [0.1, 0.15) is 102 Å². The summed E-state index contributed by atoms with van der Waals surface area (Å²) in [6, 6.07) is 0. The molecular formula is C56H99I5IrN16O7V. The van der Waals surface area contributed by atoms with Gasteiger partial charge in [0, 0.05) is 183 Å². The van der Waals surface area contributed by atoms with Gasteiger partial charge in [0.05, 0.1) is 18.5 Å². The van der Waals surface area contributed by atoms with Crippen LogP contribution in [-0.4, -0.2) is 207 Å². The molecule has 1 fully saturated rings. The number of aliphatic hydroxyl groups excluding tert-OH is 1. The molecule has 6 aliphatic rings. The van der Waals surface area contributed by atoms with E-state index in [1.807, 2.05) is 23.5 Å². The van der Waals surface area contributed by atoms with Gasteiger partial charge < -0.3 is 50.3 Å². The SMILES string of the molecule is C.C.CCO.CN1CCc2[nH][nH]c(=O)c2CC1.CN1CCc2c(n(C)[nH]c2=O)CC1.COC(=O)C1CCN(C)CCC1=O.Cc1[nH]nc2c1CCNCC2.Cc1nn(C)c2c1CCN(C)CC2.IC(I)I.O=c1[nH][nH]c2c1CCNCC2.[I][V][I].[Ir]. The van der Waals surface area contributed by atoms with Gasteiger partial charge in [-0.15, -0.1) is 0 Å². The Kier molecular flexibility index (Phi) is 46.7. The summed E-state index contributed by atoms with van der Waals surface area (Å²) in [5, 5.41) is 39.7. The van der Waals surface area contributed by atoms with Gasteiger partial charge in [-0.2, -0.15) is 10.2 Å². The number of H-pyrrole nitrogens is 6. The smallest absolute Gasteiger partial charge is 0 e. The third-order valence-electron chi connectivity index (χ3n) is 14.9. The number of alkyl halides is 3. The molecule has 86 heavy (non-hydrogen) atoms. The van der Waals surface area contributed by atoms with E-state index in [-0.39, 0.29) is 70.0 Å². The average Bonchev–Trinajstić information content (AvgIpc) is 3.13. The fraction of sp³-hybridized carbons (Fsp3) is 0.696. The number of nitrogens with zero attached hydrogens (tertiary/aromatic N) is 8. The molecule has 6 aliphatic heterocycles. The molecular weight excluding hydrogens is 1890 g/mol. The fourth-order valence-corrected chi connectivity index (χ4v) is 10.1. The Balaban J connectivity index is 0.000000971. The van der Waals surface area contributed by atoms with Crippen LogP contribution in [-0.2, 0) is 122 Å². The van der Waals surface area contributed by atoms with Crippen molar-refractivity contribution >= 4 is 119 Å². The van der Waals surface area contributed by atoms with Gasteiger partial charge in [0.2, 0.25) is 0 Å². The van der Waals surface area contributed by atoms with Crippen LogP contribution < -0.4 is 27.3 Å². The van der Waals surface area contributed by atoms with Crippen molar-refractivity contribution in [1.29, 1.82) is 0 Å². The topological polar surface area (TPSA) is 282 Å². The number of likely N-dealkylation sites (tertiary alicyclic amines) is 1. The van der Waals surface area contributed by atoms with E-state index in [9.17, 15) is 24.0 Å². The number of halogens is 5. The number of carbonyl (C=O) groups excluding carboxylic acids is 2. The number of carbonyl (C=O) groups is 2. The molecule has 11 heterocycles. The van der Waals surface area contributed by atoms with E-state index in [4.69, 9.17) is 5.11 Å². The van der Waals surface area contributed by atoms with Crippen LogP contribution in [0.2, 0.25) is 0 Å². The number of Topliss-reactive ketones (excluding diaryl/α,β-unsaturated/α-hetero) is 1. The maximum atomic E-state index is 11.4. The summed E-state index contributed by atoms with van der Waals surface area (Å²) in [6.07, 6.45) is 11.0. The van der Waals surface area contributed by atoms with Crippen molar-refractivity contribution in [3.63, 3.8) is 0 Å². The molecule has 5 aromatic rings. The molecule has 9 N–H and O–H groups in total. The van der Waals surface area contributed by atoms with Crippen LogP contribution in [0, 0.1) is 19.8 Å². The van der Waals surface area contributed by atoms with E-state index in [1.54, 1.807) is 6.92 Å². The second-order valence-electron chi connectivity index (χ2n) is 20.8. The van der Waals surface area contributed by atoms with E-state index in [2.05, 4.69) is 226 Å². The first kappa shape index (κ1) is 85.2. The molecule has 0 bridgehead atoms. The number of rotatable bonds is 1. The monoisotopic (exact) mass is 1990 g/mol. The summed E-state index contributed by atoms with van der Waals surface area (Å²) in [5.41, 5.74) is 14.4. The standard InChI is InChI=1S/C10H17N3.C9H15N3O.C9H15NO3.C8H13N3O.C8H13N3.C7H11N3O.C2H6O.CHI3.2CH4.2HI.Ir.V/c1-8-9-4-6-12(2)7-5-10(9)13(3)11-8;1-11-5-3-7-8(4-6-11)12(2)10-9(7)13;1-10-5-3-7(9(12)13-2)8(11)4-6-10;1-11-4-2-6-7(3-5-11)9-10-8(6)12;1-6-7-2-4-9-5-3-8(7)11-10-6;11-7-5-1-3-8-4-2-6(5)9-10-7;1-2-3;2-1(3)4;;;;;;/h4-7H2,1-3H3;3-6H2,1-2H3,(H,10,13);7H,3-6H2,1-2H3;2-5H2,1H3,(H2,9,10,12);9H,2-5H2,1H3,(H,10,11);8H,1-4H2,(H2,9,10,11);3H,2H2,1H3;1H;2*1H4;2*1H;;/q;;;;;;;;;;;;;+2/p-2. The Morgan fingerprint density at radius 3 is 1.60 bits per heavy atom. The number of aromatic nitrogens is 10. The molecule has 494 valence electrons. The zero-order chi connectivity index (χ0) is 61.6. The van der Waals surface area contributed by atoms with Crippen LogP contribution in [0.5, 0.6) is 0 Å². The summed E-state index contributed by atoms with van der Waals surface area (Å²) < 4.78 is 9.22. The molecule has 0 spiro atoms. The quantitative estimate of drug-likeness (QED) is 0.0420. The molecule has 1 saturated heterocycles. The number of aryl methyl sites for hydroxylation is 4. The van der Waals surface area contributed by atoms with Crippen molar-refractivity contribution in [3.05, 3.63) is 98.7 Å². The minimum Gasteiger partial charge on any atom is 0 e. The Labute approximate surface area is 593 Å². The van der Waals surface area contributed by atoms with E-state index < -0.39 is 5.92 Å². The van der Waals surface area contributed by atoms with Crippen molar-refractivity contribution in [2.45, 2.75) is 113 Å². The second kappa shape index (κ2) is 47.1. The van der Waals surface area contributed by atoms with Crippen molar-refractivity contribution in [2.24, 2.45) is 20.0 Å². The molecule has 30 heteroatoms. The first-order valence-electron chi connectivity index (χ1n) is 28.2. The van der Waals surface area contributed by atoms with Crippen molar-refractivity contribution in [2.75, 3.05) is 120 Å². The summed E-state index contributed by atoms with van der Waals surface area (Å²) in [7, 11) is 14.2. The number of aliphatic hydroxyl groups is 1. The molecule has 0 aliphatic carbocycles. The summed E-state index contributed by atoms with van der Waals surface area (Å²) >= 11 is 11.7. The first-order chi connectivity index (χ1) is 39.6. The number of methoxy groups -OCH3 is 1. The van der Waals surface area contributed by atoms with Crippen LogP contribution in [0.4, 0.5) is 0 Å². The Morgan fingerprint density at radius 2 is 1.05 bits per heavy atom. The van der Waals surface area contributed by atoms with Crippen LogP contribution in [0.15, 0.2) is 14.4 Å². The number of esters is 1. The van der Waals surface area contributed by atoms with Gasteiger partial charge in [0.25, 0.3) is 16.7 Å². The van der Waals surface area contributed by atoms with Crippen LogP contribution >= 0.6 is 108 Å². The second-order valence-corrected chi connectivity index (χ2v) is 43.5. The minimum atomic E-state index is -0.532. The number of ether oxygens (including phenoxy) is 1. The van der Waals surface area contributed by atoms with Gasteiger partial charge in [-0.3, -0.25) is 53.7 Å². The zero-order valence-electron chi connectivity index (χ0n) is 50.5. The van der Waals surface area contributed by atoms with Crippen LogP contribution in [0.25, 0.3) is 0 Å². The molecule has 0 aromatic carbocycles. The Hall–Kier alpha value is -0.806. The molecule has 11 rings (SSSR count). The van der Waals surface area contributed by atoms with E-state index in [0.29, 0.717) is 22.3 Å². The van der Waals surface area contributed by atoms with Gasteiger partial charge in [0.15, 0.2) is 0 Å². The predicted molar refractivity (Wildman–Crippen MR) is 383 cm³/mol. The summed E-state index contributed by atoms with van der Waals surface area (Å²) in [6.45, 7) is 18.1. The third kappa shape index (κ3) is 30.3. The first-order valence-corrected chi connectivity index (χ1v) is 40.9. The van der Waals surface area contributed by atoms with Gasteiger partial charge >= 0.3 is 55.4 Å². The van der Waals surface area contributed by atoms with Crippen LogP contribution in [0.3, 0.4) is 0 Å². The number of hydrogen-bond donors (Lipinski definition) is 9. The number of hydrogen-bond acceptors (Lipinski definition) is 15. The van der Waals surface area contributed by atoms with Gasteiger partial charge in [-0.1, -0.05) is 82.6 Å². The molecule has 1 radical (unpaired) electrons. The number of ketones is 1. The maximum Gasteiger partial charge on any atom is 0 e. The summed E-state index contributed by atoms with van der Waals surface area (Å²) in [5.74, 6) is -0.911. The third-order valence-corrected chi connectivity index (χ3v) is 14.9. The molecule has 1 unspecified atom stereocenters. The fourth-order valence-electron chi connectivity index (χ4n) is 10.1. The number of aromatic amines is 6. The average molecular weight is 1990 g/mol. The Morgan fingerprint density at radius 1 is 0.616 bits per heavy atom. The molecule has 0 amide bonds. The number of nitrogens with one attached hydrogen (secondary N) is 8. The normalized spacial score (nSPS) is 17.3. The maximum absolute atomic E-state index is 11.4. The van der Waals surface area contributed by atoms with E-state index in [1.165, 1.54) is 53.3 Å². The molecule has 23 nitrogen and oxygen atoms in total. The summed E-state index contributed by atoms with van der Waals surface area (Å²) in [4.78, 5) is 65.3. The zero-order valence-corrected chi connectivity index (χ0v) is 65.1. The number of fused-ring (bicyclic) bond motifs is 5. The van der Waals surface area contributed by atoms with Gasteiger partial charge in [0.1, 0.15) is 11.6 Å². The van der Waals surface area contributed by atoms with E-state index >= 15 is 0 Å². The van der Waals surface area contributed by atoms with Crippen molar-refractivity contribution in [3.8, 4) is 0 Å². The van der Waals surface area contributed by atoms with Crippen molar-refractivity contribution in [1.82, 2.24) is 80.4 Å². The molecule has 0 saturated carbocycles. The predicted octanol–water partition coefficient (Wildman–Crippen LogP) is 5.72. The number of likely N-dealkylation sites (N-methyl/N-ethyl adjacent to an activating group) is 3. The largest absolute Gasteiger partial charge is 0 e. The molecule has 1 atom stereocenters. The van der Waals surface area contributed by atoms with Gasteiger partial charge in [-0.25, -0.2) is 0 Å².